The van der Waals surface area contributed by atoms with Crippen LogP contribution in [0.15, 0.2) is 41.1 Å². The highest BCUT2D eigenvalue weighted by atomic mass is 16.5. The molecule has 0 saturated carbocycles. The van der Waals surface area contributed by atoms with E-state index < -0.39 is 0 Å². The van der Waals surface area contributed by atoms with Crippen LogP contribution in [-0.4, -0.2) is 71.2 Å². The number of carbonyl (C=O) groups excluding carboxylic acids is 2. The molecule has 3 amide bonds. The van der Waals surface area contributed by atoms with Crippen molar-refractivity contribution < 1.29 is 14.1 Å². The highest BCUT2D eigenvalue weighted by Crippen LogP contribution is 2.29. The van der Waals surface area contributed by atoms with Crippen LogP contribution >= 0.6 is 0 Å². The lowest BCUT2D eigenvalue weighted by molar-refractivity contribution is -0.129. The molecule has 2 aliphatic rings. The third kappa shape index (κ3) is 4.11. The van der Waals surface area contributed by atoms with E-state index in [1.165, 1.54) is 0 Å². The second-order valence-electron chi connectivity index (χ2n) is 8.20. The molecule has 4 heterocycles. The molecule has 0 unspecified atom stereocenters. The van der Waals surface area contributed by atoms with Gasteiger partial charge in [-0.25, -0.2) is 9.78 Å². The summed E-state index contributed by atoms with van der Waals surface area (Å²) in [5, 5.41) is 6.98. The fraction of sp³-hybridized carbons (Fsp3) is 0.348. The lowest BCUT2D eigenvalue weighted by Crippen LogP contribution is -2.48. The summed E-state index contributed by atoms with van der Waals surface area (Å²) in [6, 6.07) is 9.46. The first-order chi connectivity index (χ1) is 16.0. The maximum Gasteiger partial charge on any atom is 0.322 e. The zero-order chi connectivity index (χ0) is 22.9. The Balaban J connectivity index is 1.34. The van der Waals surface area contributed by atoms with Crippen LogP contribution in [0.2, 0.25) is 0 Å². The third-order valence-corrected chi connectivity index (χ3v) is 6.07. The number of aryl methyl sites for hydroxylation is 1. The monoisotopic (exact) mass is 447 g/mol. The van der Waals surface area contributed by atoms with E-state index >= 15 is 0 Å². The van der Waals surface area contributed by atoms with Crippen molar-refractivity contribution in [1.82, 2.24) is 25.3 Å². The molecule has 10 nitrogen and oxygen atoms in total. The van der Waals surface area contributed by atoms with Crippen molar-refractivity contribution in [3.8, 4) is 22.8 Å². The van der Waals surface area contributed by atoms with E-state index in [-0.39, 0.29) is 11.9 Å². The Hall–Kier alpha value is -3.95. The number of benzene rings is 1. The van der Waals surface area contributed by atoms with Crippen LogP contribution in [-0.2, 0) is 4.79 Å². The quantitative estimate of drug-likeness (QED) is 0.654. The average Bonchev–Trinajstić information content (AvgIpc) is 3.49. The first kappa shape index (κ1) is 20.9. The number of piperazine rings is 1. The van der Waals surface area contributed by atoms with Gasteiger partial charge in [-0.2, -0.15) is 4.98 Å². The molecule has 2 aliphatic heterocycles. The molecule has 0 bridgehead atoms. The number of nitrogens with one attached hydrogen (secondary N) is 1. The first-order valence-electron chi connectivity index (χ1n) is 11.0. The van der Waals surface area contributed by atoms with Crippen LogP contribution < -0.4 is 15.1 Å². The smallest absolute Gasteiger partial charge is 0.322 e. The van der Waals surface area contributed by atoms with E-state index in [4.69, 9.17) is 4.52 Å². The summed E-state index contributed by atoms with van der Waals surface area (Å²) in [7, 11) is 0. The van der Waals surface area contributed by atoms with Crippen molar-refractivity contribution in [2.45, 2.75) is 13.8 Å². The molecule has 2 saturated heterocycles. The largest absolute Gasteiger partial charge is 0.353 e. The minimum absolute atomic E-state index is 0.0814. The number of aromatic nitrogens is 3. The lowest BCUT2D eigenvalue weighted by Gasteiger charge is -2.34. The summed E-state index contributed by atoms with van der Waals surface area (Å²) in [4.78, 5) is 38.3. The summed E-state index contributed by atoms with van der Waals surface area (Å²) in [6.45, 7) is 7.68. The van der Waals surface area contributed by atoms with Crippen LogP contribution in [0.1, 0.15) is 12.5 Å². The molecular weight excluding hydrogens is 422 g/mol. The molecule has 3 aromatic rings. The fourth-order valence-corrected chi connectivity index (χ4v) is 4.23. The number of anilines is 2. The minimum atomic E-state index is -0.0814. The van der Waals surface area contributed by atoms with E-state index in [1.807, 2.05) is 42.2 Å². The number of nitrogens with zero attached hydrogens (tertiary/aromatic N) is 6. The number of amides is 3. The molecule has 0 atom stereocenters. The average molecular weight is 447 g/mol. The second-order valence-corrected chi connectivity index (χ2v) is 8.20. The summed E-state index contributed by atoms with van der Waals surface area (Å²) >= 11 is 0. The van der Waals surface area contributed by atoms with Gasteiger partial charge in [-0.15, -0.1) is 0 Å². The van der Waals surface area contributed by atoms with Crippen molar-refractivity contribution in [1.29, 1.82) is 0 Å². The van der Waals surface area contributed by atoms with Gasteiger partial charge >= 0.3 is 6.03 Å². The molecule has 33 heavy (non-hydrogen) atoms. The van der Waals surface area contributed by atoms with Crippen molar-refractivity contribution in [2.24, 2.45) is 0 Å². The van der Waals surface area contributed by atoms with Crippen molar-refractivity contribution in [3.05, 3.63) is 42.1 Å². The van der Waals surface area contributed by atoms with Gasteiger partial charge in [-0.3, -0.25) is 9.69 Å². The standard InChI is InChI=1S/C23H25N7O3/c1-15-13-18(3-4-19(15)30-8-7-25-23(30)32)22-26-21(27-33-22)17-5-6-24-20(14-17)29-11-9-28(10-12-29)16(2)31/h3-6,13-14H,7-12H2,1-2H3,(H,25,32). The van der Waals surface area contributed by atoms with E-state index in [2.05, 4.69) is 25.3 Å². The van der Waals surface area contributed by atoms with Gasteiger partial charge in [0.05, 0.1) is 0 Å². The fourth-order valence-electron chi connectivity index (χ4n) is 4.23. The molecule has 10 heteroatoms. The predicted octanol–water partition coefficient (Wildman–Crippen LogP) is 2.31. The lowest BCUT2D eigenvalue weighted by atomic mass is 10.1. The van der Waals surface area contributed by atoms with Crippen molar-refractivity contribution >= 4 is 23.4 Å². The van der Waals surface area contributed by atoms with Gasteiger partial charge in [-0.1, -0.05) is 5.16 Å². The Labute approximate surface area is 191 Å². The van der Waals surface area contributed by atoms with Gasteiger partial charge in [0, 0.05) is 69.2 Å². The Morgan fingerprint density at radius 2 is 1.88 bits per heavy atom. The van der Waals surface area contributed by atoms with Gasteiger partial charge in [0.1, 0.15) is 5.82 Å². The van der Waals surface area contributed by atoms with Crippen LogP contribution in [0.25, 0.3) is 22.8 Å². The molecule has 2 fully saturated rings. The number of pyridine rings is 1. The van der Waals surface area contributed by atoms with E-state index in [0.717, 1.165) is 41.3 Å². The predicted molar refractivity (Wildman–Crippen MR) is 123 cm³/mol. The molecule has 5 rings (SSSR count). The number of hydrogen-bond donors (Lipinski definition) is 1. The normalized spacial score (nSPS) is 16.3. The van der Waals surface area contributed by atoms with Gasteiger partial charge in [-0.05, 0) is 42.8 Å². The Morgan fingerprint density at radius 1 is 1.06 bits per heavy atom. The highest BCUT2D eigenvalue weighted by molar-refractivity contribution is 5.95. The Bertz CT molecular complexity index is 1200. The number of carbonyl (C=O) groups is 2. The van der Waals surface area contributed by atoms with Crippen LogP contribution in [0.4, 0.5) is 16.3 Å². The minimum Gasteiger partial charge on any atom is -0.353 e. The van der Waals surface area contributed by atoms with Gasteiger partial charge in [0.25, 0.3) is 5.89 Å². The van der Waals surface area contributed by atoms with Crippen LogP contribution in [0.5, 0.6) is 0 Å². The Morgan fingerprint density at radius 3 is 2.58 bits per heavy atom. The molecule has 2 aromatic heterocycles. The third-order valence-electron chi connectivity index (χ3n) is 6.07. The van der Waals surface area contributed by atoms with E-state index in [1.54, 1.807) is 18.0 Å². The summed E-state index contributed by atoms with van der Waals surface area (Å²) < 4.78 is 5.54. The summed E-state index contributed by atoms with van der Waals surface area (Å²) in [5.74, 6) is 1.82. The van der Waals surface area contributed by atoms with E-state index in [0.29, 0.717) is 37.9 Å². The van der Waals surface area contributed by atoms with Crippen molar-refractivity contribution in [2.75, 3.05) is 49.1 Å². The van der Waals surface area contributed by atoms with Crippen LogP contribution in [0, 0.1) is 6.92 Å². The SMILES string of the molecule is CC(=O)N1CCN(c2cc(-c3noc(-c4ccc(N5CCNC5=O)c(C)c4)n3)ccn2)CC1. The topological polar surface area (TPSA) is 108 Å². The van der Waals surface area contributed by atoms with Gasteiger partial charge in [0.2, 0.25) is 11.7 Å². The molecule has 170 valence electrons. The molecule has 0 radical (unpaired) electrons. The number of hydrogen-bond acceptors (Lipinski definition) is 7. The summed E-state index contributed by atoms with van der Waals surface area (Å²) in [6.07, 6.45) is 1.73. The molecule has 0 spiro atoms. The number of urea groups is 1. The van der Waals surface area contributed by atoms with Crippen molar-refractivity contribution in [3.63, 3.8) is 0 Å². The number of rotatable bonds is 4. The second kappa shape index (κ2) is 8.53. The Kier molecular flexibility index (Phi) is 5.41. The zero-order valence-corrected chi connectivity index (χ0v) is 18.6. The molecule has 0 aliphatic carbocycles. The molecule has 1 N–H and O–H groups in total. The first-order valence-corrected chi connectivity index (χ1v) is 11.0. The summed E-state index contributed by atoms with van der Waals surface area (Å²) in [5.41, 5.74) is 3.44. The maximum absolute atomic E-state index is 12.0. The molecular formula is C23H25N7O3. The van der Waals surface area contributed by atoms with E-state index in [9.17, 15) is 9.59 Å². The highest BCUT2D eigenvalue weighted by Gasteiger charge is 2.23. The zero-order valence-electron chi connectivity index (χ0n) is 18.6. The maximum atomic E-state index is 12.0. The van der Waals surface area contributed by atoms with Gasteiger partial charge in [0.15, 0.2) is 0 Å². The molecule has 1 aromatic carbocycles. The van der Waals surface area contributed by atoms with Gasteiger partial charge < -0.3 is 19.6 Å². The van der Waals surface area contributed by atoms with Crippen LogP contribution in [0.3, 0.4) is 0 Å².